The van der Waals surface area contributed by atoms with E-state index in [1.165, 1.54) is 36.4 Å². The van der Waals surface area contributed by atoms with E-state index >= 15 is 0 Å². The molecule has 0 aliphatic rings. The van der Waals surface area contributed by atoms with Gasteiger partial charge in [0, 0.05) is 17.1 Å². The molecule has 0 saturated heterocycles. The van der Waals surface area contributed by atoms with Gasteiger partial charge in [0.15, 0.2) is 0 Å². The maximum atomic E-state index is 13.2. The van der Waals surface area contributed by atoms with E-state index in [2.05, 4.69) is 10.3 Å². The van der Waals surface area contributed by atoms with E-state index in [0.29, 0.717) is 11.1 Å². The fraction of sp³-hybridized carbons (Fsp3) is 0.211. The predicted octanol–water partition coefficient (Wildman–Crippen LogP) is 3.01. The molecule has 1 aromatic heterocycles. The van der Waals surface area contributed by atoms with Gasteiger partial charge in [-0.05, 0) is 48.4 Å². The van der Waals surface area contributed by atoms with Gasteiger partial charge in [0.05, 0.1) is 13.0 Å². The number of fused-ring (bicyclic) bond motifs is 1. The summed E-state index contributed by atoms with van der Waals surface area (Å²) in [6.07, 6.45) is 1.77. The Bertz CT molecular complexity index is 901. The van der Waals surface area contributed by atoms with Crippen LogP contribution in [0.15, 0.2) is 48.7 Å². The van der Waals surface area contributed by atoms with Crippen LogP contribution in [-0.4, -0.2) is 22.5 Å². The highest BCUT2D eigenvalue weighted by molar-refractivity contribution is 5.88. The van der Waals surface area contributed by atoms with Gasteiger partial charge in [-0.25, -0.2) is 8.78 Å². The Morgan fingerprint density at radius 3 is 2.56 bits per heavy atom. The van der Waals surface area contributed by atoms with Crippen molar-refractivity contribution in [1.29, 1.82) is 0 Å². The molecule has 4 nitrogen and oxygen atoms in total. The highest BCUT2D eigenvalue weighted by atomic mass is 19.1. The van der Waals surface area contributed by atoms with E-state index in [1.54, 1.807) is 19.2 Å². The van der Waals surface area contributed by atoms with Crippen LogP contribution in [0.2, 0.25) is 0 Å². The van der Waals surface area contributed by atoms with E-state index in [9.17, 15) is 18.7 Å². The first kappa shape index (κ1) is 17.1. The zero-order valence-electron chi connectivity index (χ0n) is 13.6. The minimum absolute atomic E-state index is 0.00551. The molecule has 3 aromatic rings. The van der Waals surface area contributed by atoms with Gasteiger partial charge in [-0.3, -0.25) is 4.79 Å². The highest BCUT2D eigenvalue weighted by Gasteiger charge is 2.24. The van der Waals surface area contributed by atoms with Crippen LogP contribution in [0.4, 0.5) is 8.78 Å². The number of rotatable bonds is 5. The lowest BCUT2D eigenvalue weighted by Gasteiger charge is -2.24. The molecule has 1 heterocycles. The number of hydrogen-bond acceptors (Lipinski definition) is 2. The van der Waals surface area contributed by atoms with Crippen LogP contribution < -0.4 is 5.32 Å². The van der Waals surface area contributed by atoms with Gasteiger partial charge in [0.2, 0.25) is 5.91 Å². The monoisotopic (exact) mass is 344 g/mol. The topological polar surface area (TPSA) is 65.1 Å². The first-order chi connectivity index (χ1) is 11.8. The zero-order valence-corrected chi connectivity index (χ0v) is 13.6. The molecule has 3 N–H and O–H groups in total. The molecule has 1 amide bonds. The van der Waals surface area contributed by atoms with Crippen molar-refractivity contribution >= 4 is 16.8 Å². The third kappa shape index (κ3) is 3.85. The molecule has 3 rings (SSSR count). The molecule has 25 heavy (non-hydrogen) atoms. The minimum atomic E-state index is -1.31. The fourth-order valence-electron chi connectivity index (χ4n) is 2.72. The molecule has 0 bridgehead atoms. The number of aromatic nitrogens is 1. The third-order valence-electron chi connectivity index (χ3n) is 4.18. The number of carbonyl (C=O) groups is 1. The number of amides is 1. The Balaban J connectivity index is 1.65. The molecular weight excluding hydrogens is 326 g/mol. The second-order valence-electron chi connectivity index (χ2n) is 6.24. The zero-order chi connectivity index (χ0) is 18.0. The van der Waals surface area contributed by atoms with Crippen molar-refractivity contribution in [2.24, 2.45) is 0 Å². The number of carbonyl (C=O) groups excluding carboxylic acids is 1. The molecule has 0 aliphatic heterocycles. The van der Waals surface area contributed by atoms with E-state index in [-0.39, 0.29) is 30.5 Å². The van der Waals surface area contributed by atoms with Gasteiger partial charge in [-0.1, -0.05) is 12.1 Å². The number of hydrogen-bond donors (Lipinski definition) is 3. The van der Waals surface area contributed by atoms with Gasteiger partial charge in [-0.15, -0.1) is 0 Å². The molecular formula is C19H18F2N2O2. The van der Waals surface area contributed by atoms with E-state index in [0.717, 1.165) is 10.9 Å². The van der Waals surface area contributed by atoms with Crippen molar-refractivity contribution in [3.63, 3.8) is 0 Å². The lowest BCUT2D eigenvalue weighted by Crippen LogP contribution is -2.39. The number of H-pyrrole nitrogens is 1. The minimum Gasteiger partial charge on any atom is -0.384 e. The molecule has 130 valence electrons. The second-order valence-corrected chi connectivity index (χ2v) is 6.24. The lowest BCUT2D eigenvalue weighted by molar-refractivity contribution is -0.121. The molecule has 0 saturated carbocycles. The molecule has 1 atom stereocenters. The van der Waals surface area contributed by atoms with Crippen molar-refractivity contribution in [3.8, 4) is 0 Å². The lowest BCUT2D eigenvalue weighted by atomic mass is 9.96. The molecule has 6 heteroatoms. The highest BCUT2D eigenvalue weighted by Crippen LogP contribution is 2.21. The van der Waals surface area contributed by atoms with Gasteiger partial charge in [0.25, 0.3) is 0 Å². The first-order valence-electron chi connectivity index (χ1n) is 7.86. The average molecular weight is 344 g/mol. The maximum Gasteiger partial charge on any atom is 0.224 e. The Morgan fingerprint density at radius 1 is 1.16 bits per heavy atom. The van der Waals surface area contributed by atoms with Crippen LogP contribution in [-0.2, 0) is 16.8 Å². The summed E-state index contributed by atoms with van der Waals surface area (Å²) in [5, 5.41) is 13.9. The number of halogens is 2. The van der Waals surface area contributed by atoms with Gasteiger partial charge in [-0.2, -0.15) is 0 Å². The van der Waals surface area contributed by atoms with Crippen molar-refractivity contribution in [2.45, 2.75) is 18.9 Å². The summed E-state index contributed by atoms with van der Waals surface area (Å²) in [5.74, 6) is -1.01. The standard InChI is InChI=1S/C19H18F2N2O2/c1-19(25,13-2-4-14(20)5-3-13)11-23-18(24)8-12-10-22-17-9-15(21)6-7-16(12)17/h2-7,9-10,22,25H,8,11H2,1H3,(H,23,24). The van der Waals surface area contributed by atoms with Gasteiger partial charge < -0.3 is 15.4 Å². The summed E-state index contributed by atoms with van der Waals surface area (Å²) in [5.41, 5.74) is 0.569. The number of nitrogens with one attached hydrogen (secondary N) is 2. The molecule has 2 aromatic carbocycles. The molecule has 0 spiro atoms. The summed E-state index contributed by atoms with van der Waals surface area (Å²) in [4.78, 5) is 15.1. The Labute approximate surface area is 143 Å². The quantitative estimate of drug-likeness (QED) is 0.666. The predicted molar refractivity (Wildman–Crippen MR) is 90.9 cm³/mol. The van der Waals surface area contributed by atoms with Crippen LogP contribution in [0.25, 0.3) is 10.9 Å². The molecule has 0 fully saturated rings. The summed E-state index contributed by atoms with van der Waals surface area (Å²) in [6.45, 7) is 1.55. The second kappa shape index (κ2) is 6.64. The van der Waals surface area contributed by atoms with E-state index in [1.807, 2.05) is 0 Å². The smallest absolute Gasteiger partial charge is 0.224 e. The van der Waals surface area contributed by atoms with E-state index < -0.39 is 5.60 Å². The van der Waals surface area contributed by atoms with Gasteiger partial charge in [0.1, 0.15) is 17.2 Å². The summed E-state index contributed by atoms with van der Waals surface area (Å²) in [6, 6.07) is 9.82. The summed E-state index contributed by atoms with van der Waals surface area (Å²) >= 11 is 0. The summed E-state index contributed by atoms with van der Waals surface area (Å²) < 4.78 is 26.2. The van der Waals surface area contributed by atoms with E-state index in [4.69, 9.17) is 0 Å². The molecule has 1 unspecified atom stereocenters. The fourth-order valence-corrected chi connectivity index (χ4v) is 2.72. The maximum absolute atomic E-state index is 13.2. The third-order valence-corrected chi connectivity index (χ3v) is 4.18. The SMILES string of the molecule is CC(O)(CNC(=O)Cc1c[nH]c2cc(F)ccc12)c1ccc(F)cc1. The van der Waals surface area contributed by atoms with Crippen molar-refractivity contribution in [1.82, 2.24) is 10.3 Å². The Kier molecular flexibility index (Phi) is 4.55. The first-order valence-corrected chi connectivity index (χ1v) is 7.86. The van der Waals surface area contributed by atoms with Crippen molar-refractivity contribution in [2.75, 3.05) is 6.54 Å². The van der Waals surface area contributed by atoms with Crippen LogP contribution >= 0.6 is 0 Å². The van der Waals surface area contributed by atoms with Crippen LogP contribution in [0.5, 0.6) is 0 Å². The average Bonchev–Trinajstić information content (AvgIpc) is 2.95. The van der Waals surface area contributed by atoms with Crippen LogP contribution in [0, 0.1) is 11.6 Å². The van der Waals surface area contributed by atoms with Crippen LogP contribution in [0.1, 0.15) is 18.1 Å². The number of aromatic amines is 1. The van der Waals surface area contributed by atoms with Gasteiger partial charge >= 0.3 is 0 Å². The normalized spacial score (nSPS) is 13.6. The molecule has 0 radical (unpaired) electrons. The Morgan fingerprint density at radius 2 is 1.84 bits per heavy atom. The molecule has 0 aliphatic carbocycles. The van der Waals surface area contributed by atoms with Crippen molar-refractivity contribution in [3.05, 3.63) is 71.4 Å². The number of benzene rings is 2. The number of aliphatic hydroxyl groups is 1. The van der Waals surface area contributed by atoms with Crippen LogP contribution in [0.3, 0.4) is 0 Å². The Hall–Kier alpha value is -2.73. The van der Waals surface area contributed by atoms with Crippen molar-refractivity contribution < 1.29 is 18.7 Å². The largest absolute Gasteiger partial charge is 0.384 e. The summed E-state index contributed by atoms with van der Waals surface area (Å²) in [7, 11) is 0.